The molecule has 1 aliphatic carbocycles. The lowest BCUT2D eigenvalue weighted by molar-refractivity contribution is -0.384. The summed E-state index contributed by atoms with van der Waals surface area (Å²) in [6, 6.07) is 21.7. The second-order valence-electron chi connectivity index (χ2n) is 10.3. The zero-order chi connectivity index (χ0) is 30.5. The predicted molar refractivity (Wildman–Crippen MR) is 171 cm³/mol. The molecule has 0 bridgehead atoms. The number of ether oxygens (including phenoxy) is 2. The summed E-state index contributed by atoms with van der Waals surface area (Å²) >= 11 is 4.57. The third-order valence-electron chi connectivity index (χ3n) is 7.92. The Morgan fingerprint density at radius 2 is 1.84 bits per heavy atom. The van der Waals surface area contributed by atoms with Crippen molar-refractivity contribution in [3.8, 4) is 22.8 Å². The molecule has 0 N–H and O–H groups in total. The Morgan fingerprint density at radius 3 is 2.64 bits per heavy atom. The third kappa shape index (κ3) is 4.68. The first kappa shape index (κ1) is 28.1. The van der Waals surface area contributed by atoms with Gasteiger partial charge in [-0.2, -0.15) is 0 Å². The van der Waals surface area contributed by atoms with Crippen LogP contribution in [0.15, 0.2) is 97.0 Å². The predicted octanol–water partition coefficient (Wildman–Crippen LogP) is 6.27. The summed E-state index contributed by atoms with van der Waals surface area (Å²) in [7, 11) is 3.18. The Bertz CT molecular complexity index is 2200. The number of nitrogens with zero attached hydrogens (tertiary/aromatic N) is 3. The number of fused-ring (bicyclic) bond motifs is 3. The monoisotopic (exact) mass is 669 g/mol. The lowest BCUT2D eigenvalue weighted by atomic mass is 9.83. The number of aryl methyl sites for hydroxylation is 1. The van der Waals surface area contributed by atoms with E-state index in [0.29, 0.717) is 42.4 Å². The third-order valence-corrected chi connectivity index (χ3v) is 9.39. The summed E-state index contributed by atoms with van der Waals surface area (Å²) in [6.45, 7) is 0. The molecular weight excluding hydrogens is 646 g/mol. The Labute approximate surface area is 263 Å². The van der Waals surface area contributed by atoms with Gasteiger partial charge >= 0.3 is 0 Å². The van der Waals surface area contributed by atoms with Crippen molar-refractivity contribution in [2.45, 2.75) is 18.9 Å². The number of hydrogen-bond donors (Lipinski definition) is 0. The van der Waals surface area contributed by atoms with E-state index in [0.717, 1.165) is 35.2 Å². The highest BCUT2D eigenvalue weighted by molar-refractivity contribution is 9.10. The number of hydrogen-bond acceptors (Lipinski definition) is 8. The molecule has 9 nitrogen and oxygen atoms in total. The van der Waals surface area contributed by atoms with Gasteiger partial charge in [-0.3, -0.25) is 19.5 Å². The van der Waals surface area contributed by atoms with Crippen LogP contribution in [0.25, 0.3) is 23.1 Å². The Kier molecular flexibility index (Phi) is 7.06. The van der Waals surface area contributed by atoms with Crippen molar-refractivity contribution in [1.82, 2.24) is 4.57 Å². The van der Waals surface area contributed by atoms with Gasteiger partial charge in [-0.05, 0) is 65.9 Å². The molecule has 2 aromatic heterocycles. The van der Waals surface area contributed by atoms with E-state index in [-0.39, 0.29) is 11.2 Å². The topological polar surface area (TPSA) is 109 Å². The molecule has 0 amide bonds. The number of aromatic nitrogens is 1. The first-order valence-corrected chi connectivity index (χ1v) is 15.4. The maximum Gasteiger partial charge on any atom is 0.281 e. The van der Waals surface area contributed by atoms with E-state index in [1.807, 2.05) is 30.3 Å². The fourth-order valence-corrected chi connectivity index (χ4v) is 7.24. The van der Waals surface area contributed by atoms with E-state index in [1.54, 1.807) is 49.1 Å². The zero-order valence-corrected chi connectivity index (χ0v) is 26.0. The maximum atomic E-state index is 14.1. The minimum atomic E-state index is -0.450. The van der Waals surface area contributed by atoms with Crippen LogP contribution in [0.4, 0.5) is 5.69 Å². The molecule has 5 aromatic rings. The molecular formula is C33H24BrN3O6S. The van der Waals surface area contributed by atoms with Gasteiger partial charge in [-0.25, -0.2) is 4.99 Å². The van der Waals surface area contributed by atoms with E-state index in [4.69, 9.17) is 18.9 Å². The van der Waals surface area contributed by atoms with Crippen molar-refractivity contribution in [3.63, 3.8) is 0 Å². The van der Waals surface area contributed by atoms with Crippen LogP contribution in [0.5, 0.6) is 11.5 Å². The van der Waals surface area contributed by atoms with Crippen molar-refractivity contribution < 1.29 is 18.8 Å². The van der Waals surface area contributed by atoms with Crippen LogP contribution < -0.4 is 24.4 Å². The number of thiazole rings is 1. The molecule has 220 valence electrons. The number of furan rings is 1. The molecule has 44 heavy (non-hydrogen) atoms. The highest BCUT2D eigenvalue weighted by Crippen LogP contribution is 2.43. The van der Waals surface area contributed by atoms with Gasteiger partial charge in [-0.15, -0.1) is 0 Å². The number of benzene rings is 3. The van der Waals surface area contributed by atoms with E-state index >= 15 is 0 Å². The fourth-order valence-electron chi connectivity index (χ4n) is 5.91. The number of nitro benzene ring substituents is 1. The van der Waals surface area contributed by atoms with Crippen LogP contribution in [-0.4, -0.2) is 23.7 Å². The minimum absolute atomic E-state index is 0.0829. The highest BCUT2D eigenvalue weighted by Gasteiger charge is 2.33. The second-order valence-corrected chi connectivity index (χ2v) is 12.3. The van der Waals surface area contributed by atoms with Crippen LogP contribution in [0.1, 0.15) is 34.9 Å². The van der Waals surface area contributed by atoms with Gasteiger partial charge in [0.25, 0.3) is 11.2 Å². The van der Waals surface area contributed by atoms with Crippen LogP contribution >= 0.6 is 27.3 Å². The van der Waals surface area contributed by atoms with Gasteiger partial charge in [0.15, 0.2) is 16.3 Å². The molecule has 11 heteroatoms. The molecule has 3 aromatic carbocycles. The first-order chi connectivity index (χ1) is 21.4. The molecule has 0 saturated carbocycles. The average Bonchev–Trinajstić information content (AvgIpc) is 3.63. The van der Waals surface area contributed by atoms with Crippen molar-refractivity contribution in [1.29, 1.82) is 0 Å². The standard InChI is InChI=1S/C33H24BrN3O6S/c1-41-27-13-8-19(15-28(27)42-2)31-24-11-7-18-5-3-4-6-22(18)30(24)35-33-36(31)32(38)29(44-33)17-21-10-14-26(43-21)23-12-9-20(34)16-25(23)37(39)40/h3-6,8-10,12-17,31H,7,11H2,1-2H3/b29-17-/t31-/m1/s1. The summed E-state index contributed by atoms with van der Waals surface area (Å²) in [5.74, 6) is 1.91. The Hall–Kier alpha value is -4.74. The van der Waals surface area contributed by atoms with Gasteiger partial charge in [0.05, 0.1) is 41.0 Å². The lowest BCUT2D eigenvalue weighted by Crippen LogP contribution is -2.38. The van der Waals surface area contributed by atoms with Gasteiger partial charge in [0.2, 0.25) is 0 Å². The van der Waals surface area contributed by atoms with Gasteiger partial charge < -0.3 is 13.9 Å². The highest BCUT2D eigenvalue weighted by atomic mass is 79.9. The number of rotatable bonds is 6. The van der Waals surface area contributed by atoms with Crippen molar-refractivity contribution in [2.24, 2.45) is 4.99 Å². The molecule has 1 aliphatic heterocycles. The van der Waals surface area contributed by atoms with Gasteiger partial charge in [0.1, 0.15) is 11.5 Å². The maximum absolute atomic E-state index is 14.1. The van der Waals surface area contributed by atoms with E-state index in [2.05, 4.69) is 28.1 Å². The fraction of sp³-hybridized carbons (Fsp3) is 0.152. The molecule has 3 heterocycles. The molecule has 0 fully saturated rings. The lowest BCUT2D eigenvalue weighted by Gasteiger charge is -2.31. The zero-order valence-electron chi connectivity index (χ0n) is 23.6. The van der Waals surface area contributed by atoms with Crippen LogP contribution in [0.2, 0.25) is 0 Å². The normalized spacial score (nSPS) is 15.7. The molecule has 2 aliphatic rings. The van der Waals surface area contributed by atoms with E-state index in [1.165, 1.54) is 23.0 Å². The van der Waals surface area contributed by atoms with Gasteiger partial charge in [-0.1, -0.05) is 57.6 Å². The number of halogens is 1. The first-order valence-electron chi connectivity index (χ1n) is 13.8. The Morgan fingerprint density at radius 1 is 1.02 bits per heavy atom. The molecule has 0 radical (unpaired) electrons. The van der Waals surface area contributed by atoms with Crippen LogP contribution in [0, 0.1) is 10.1 Å². The molecule has 0 saturated heterocycles. The van der Waals surface area contributed by atoms with E-state index in [9.17, 15) is 14.9 Å². The number of allylic oxidation sites excluding steroid dienone is 1. The largest absolute Gasteiger partial charge is 0.493 e. The summed E-state index contributed by atoms with van der Waals surface area (Å²) in [5, 5.41) is 11.7. The summed E-state index contributed by atoms with van der Waals surface area (Å²) < 4.78 is 19.9. The molecule has 7 rings (SSSR count). The SMILES string of the molecule is COc1ccc([C@@H]2C3=C(N=c4s/c(=C\c5ccc(-c6ccc(Br)cc6[N+](=O)[O-])o5)c(=O)n42)c2ccccc2CC3)cc1OC. The molecule has 0 unspecified atom stereocenters. The van der Waals surface area contributed by atoms with Crippen molar-refractivity contribution >= 4 is 44.7 Å². The molecule has 1 atom stereocenters. The van der Waals surface area contributed by atoms with Crippen LogP contribution in [0.3, 0.4) is 0 Å². The number of methoxy groups -OCH3 is 2. The second kappa shape index (κ2) is 11.1. The number of nitro groups is 1. The van der Waals surface area contributed by atoms with Crippen molar-refractivity contribution in [2.75, 3.05) is 14.2 Å². The smallest absolute Gasteiger partial charge is 0.281 e. The summed E-state index contributed by atoms with van der Waals surface area (Å²) in [4.78, 5) is 31.0. The summed E-state index contributed by atoms with van der Waals surface area (Å²) in [6.07, 6.45) is 3.27. The minimum Gasteiger partial charge on any atom is -0.493 e. The van der Waals surface area contributed by atoms with Gasteiger partial charge in [0, 0.05) is 22.2 Å². The summed E-state index contributed by atoms with van der Waals surface area (Å²) in [5.41, 5.74) is 5.21. The average molecular weight is 671 g/mol. The van der Waals surface area contributed by atoms with E-state index < -0.39 is 11.0 Å². The Balaban J connectivity index is 1.40. The quantitative estimate of drug-likeness (QED) is 0.156. The molecule has 0 spiro atoms. The van der Waals surface area contributed by atoms with Crippen molar-refractivity contribution in [3.05, 3.63) is 135 Å². The van der Waals surface area contributed by atoms with Crippen LogP contribution in [-0.2, 0) is 6.42 Å².